The van der Waals surface area contributed by atoms with E-state index in [9.17, 15) is 28.3 Å². The summed E-state index contributed by atoms with van der Waals surface area (Å²) in [6, 6.07) is 6.35. The van der Waals surface area contributed by atoms with Crippen molar-refractivity contribution in [2.45, 2.75) is 51.4 Å². The molecule has 1 aliphatic heterocycles. The van der Waals surface area contributed by atoms with Crippen LogP contribution in [0.3, 0.4) is 0 Å². The van der Waals surface area contributed by atoms with Crippen molar-refractivity contribution in [3.8, 4) is 0 Å². The van der Waals surface area contributed by atoms with Crippen LogP contribution in [0.4, 0.5) is 13.6 Å². The number of Topliss-reactive ketones (excluding diaryl/α,β-unsaturated/α-hetero) is 1. The van der Waals surface area contributed by atoms with Gasteiger partial charge in [0.15, 0.2) is 11.3 Å². The zero-order valence-electron chi connectivity index (χ0n) is 16.9. The molecule has 0 spiro atoms. The number of halogens is 3. The first-order chi connectivity index (χ1) is 13.8. The summed E-state index contributed by atoms with van der Waals surface area (Å²) in [4.78, 5) is 38.9. The summed E-state index contributed by atoms with van der Waals surface area (Å²) < 4.78 is 35.4. The second kappa shape index (κ2) is 9.38. The number of rotatable bonds is 7. The molecule has 1 heterocycles. The lowest BCUT2D eigenvalue weighted by Crippen LogP contribution is -2.55. The number of nitrogens with zero attached hydrogens (tertiary/aromatic N) is 1. The number of carboxylic acid groups (broad SMARTS) is 1. The molecule has 0 saturated carbocycles. The summed E-state index contributed by atoms with van der Waals surface area (Å²) in [6.45, 7) is 1.21. The molecule has 30 heavy (non-hydrogen) atoms. The number of carbonyl (C=O) groups is 3. The molecule has 1 aromatic rings. The van der Waals surface area contributed by atoms with E-state index in [2.05, 4.69) is 20.7 Å². The summed E-state index contributed by atoms with van der Waals surface area (Å²) in [7, 11) is 0. The van der Waals surface area contributed by atoms with Gasteiger partial charge in [0.2, 0.25) is 0 Å². The predicted molar refractivity (Wildman–Crippen MR) is 106 cm³/mol. The second-order valence-corrected chi connectivity index (χ2v) is 9.11. The fourth-order valence-electron chi connectivity index (χ4n) is 3.42. The van der Waals surface area contributed by atoms with Crippen LogP contribution in [0.5, 0.6) is 0 Å². The van der Waals surface area contributed by atoms with Crippen LogP contribution in [-0.4, -0.2) is 58.8 Å². The van der Waals surface area contributed by atoms with Crippen LogP contribution in [0.2, 0.25) is 0 Å². The van der Waals surface area contributed by atoms with Gasteiger partial charge in [-0.1, -0.05) is 28.1 Å². The van der Waals surface area contributed by atoms with E-state index in [1.54, 1.807) is 32.9 Å². The first-order valence-electron chi connectivity index (χ1n) is 9.26. The Morgan fingerprint density at radius 3 is 2.37 bits per heavy atom. The van der Waals surface area contributed by atoms with Crippen LogP contribution >= 0.6 is 15.9 Å². The van der Waals surface area contributed by atoms with Crippen molar-refractivity contribution in [2.24, 2.45) is 5.92 Å². The molecule has 2 atom stereocenters. The highest BCUT2D eigenvalue weighted by molar-refractivity contribution is 9.10. The van der Waals surface area contributed by atoms with E-state index < -0.39 is 54.5 Å². The van der Waals surface area contributed by atoms with E-state index in [0.29, 0.717) is 0 Å². The van der Waals surface area contributed by atoms with Crippen molar-refractivity contribution in [1.29, 1.82) is 0 Å². The Kier molecular flexibility index (Phi) is 7.57. The molecule has 1 aromatic carbocycles. The van der Waals surface area contributed by atoms with Gasteiger partial charge in [0.1, 0.15) is 5.60 Å². The molecular formula is C20H24BrF2NO6. The largest absolute Gasteiger partial charge is 0.479 e. The lowest BCUT2D eigenvalue weighted by atomic mass is 9.85. The van der Waals surface area contributed by atoms with E-state index >= 15 is 0 Å². The number of amides is 1. The monoisotopic (exact) mass is 491 g/mol. The van der Waals surface area contributed by atoms with Gasteiger partial charge in [-0.15, -0.1) is 0 Å². The molecule has 1 fully saturated rings. The number of alkyl halides is 2. The van der Waals surface area contributed by atoms with Crippen LogP contribution < -0.4 is 0 Å². The van der Waals surface area contributed by atoms with E-state index in [-0.39, 0.29) is 18.5 Å². The number of aliphatic carboxylic acids is 1. The highest BCUT2D eigenvalue weighted by Gasteiger charge is 2.55. The maximum Gasteiger partial charge on any atom is 0.411 e. The summed E-state index contributed by atoms with van der Waals surface area (Å²) in [5.41, 5.74) is -2.56. The fourth-order valence-corrected chi connectivity index (χ4v) is 3.69. The molecule has 0 aromatic heterocycles. The van der Waals surface area contributed by atoms with Crippen molar-refractivity contribution in [2.75, 3.05) is 13.2 Å². The van der Waals surface area contributed by atoms with Crippen LogP contribution in [0, 0.1) is 5.92 Å². The maximum absolute atomic E-state index is 12.8. The van der Waals surface area contributed by atoms with E-state index in [1.165, 1.54) is 12.1 Å². The minimum Gasteiger partial charge on any atom is -0.479 e. The van der Waals surface area contributed by atoms with Gasteiger partial charge in [0.05, 0.1) is 6.61 Å². The lowest BCUT2D eigenvalue weighted by molar-refractivity contribution is -0.149. The third-order valence-electron chi connectivity index (χ3n) is 4.67. The number of carbonyl (C=O) groups excluding carboxylic acids is 2. The number of carboxylic acids is 1. The van der Waals surface area contributed by atoms with Crippen LogP contribution in [-0.2, 0) is 14.3 Å². The molecule has 1 N–H and O–H groups in total. The zero-order valence-corrected chi connectivity index (χ0v) is 18.4. The second-order valence-electron chi connectivity index (χ2n) is 8.20. The van der Waals surface area contributed by atoms with Crippen molar-refractivity contribution in [3.05, 3.63) is 34.3 Å². The molecule has 7 nitrogen and oxygen atoms in total. The van der Waals surface area contributed by atoms with Crippen molar-refractivity contribution in [1.82, 2.24) is 4.90 Å². The normalized spacial score (nSPS) is 21.7. The average Bonchev–Trinajstić information content (AvgIpc) is 2.99. The third-order valence-corrected chi connectivity index (χ3v) is 5.20. The highest BCUT2D eigenvalue weighted by atomic mass is 79.9. The molecule has 10 heteroatoms. The molecule has 1 amide bonds. The molecule has 0 bridgehead atoms. The molecule has 2 rings (SSSR count). The summed E-state index contributed by atoms with van der Waals surface area (Å²) >= 11 is 3.26. The Labute approximate surface area is 181 Å². The number of ketones is 1. The van der Waals surface area contributed by atoms with E-state index in [0.717, 1.165) is 9.37 Å². The fraction of sp³-hybridized carbons (Fsp3) is 0.550. The van der Waals surface area contributed by atoms with E-state index in [4.69, 9.17) is 4.74 Å². The van der Waals surface area contributed by atoms with Crippen molar-refractivity contribution >= 4 is 33.8 Å². The lowest BCUT2D eigenvalue weighted by Gasteiger charge is -2.35. The Bertz CT molecular complexity index is 795. The Balaban J connectivity index is 2.36. The van der Waals surface area contributed by atoms with Crippen LogP contribution in [0.25, 0.3) is 0 Å². The zero-order chi connectivity index (χ0) is 22.7. The molecular weight excluding hydrogens is 468 g/mol. The first kappa shape index (κ1) is 24.2. The standard InChI is InChI=1S/C20H24BrF2NO6/c1-19(2,3)30-18(28)24-10-12(11-29-17(22)23)8-20(24,16(26)27)9-15(25)13-4-6-14(21)7-5-13/h4-7,12,17H,8-11H2,1-3H3,(H,26,27). The quantitative estimate of drug-likeness (QED) is 0.570. The summed E-state index contributed by atoms with van der Waals surface area (Å²) in [5.74, 6) is -2.59. The van der Waals surface area contributed by atoms with Crippen molar-refractivity contribution < 1.29 is 37.7 Å². The van der Waals surface area contributed by atoms with Gasteiger partial charge in [-0.3, -0.25) is 9.69 Å². The van der Waals surface area contributed by atoms with Gasteiger partial charge < -0.3 is 14.6 Å². The summed E-state index contributed by atoms with van der Waals surface area (Å²) in [5, 5.41) is 10.0. The van der Waals surface area contributed by atoms with Gasteiger partial charge in [-0.25, -0.2) is 9.59 Å². The highest BCUT2D eigenvalue weighted by Crippen LogP contribution is 2.39. The molecule has 166 valence electrons. The Morgan fingerprint density at radius 1 is 1.27 bits per heavy atom. The van der Waals surface area contributed by atoms with Gasteiger partial charge in [0, 0.05) is 28.9 Å². The van der Waals surface area contributed by atoms with Gasteiger partial charge >= 0.3 is 18.7 Å². The van der Waals surface area contributed by atoms with Gasteiger partial charge in [0.25, 0.3) is 0 Å². The third kappa shape index (κ3) is 5.98. The van der Waals surface area contributed by atoms with Gasteiger partial charge in [-0.2, -0.15) is 8.78 Å². The minimum atomic E-state index is -3.02. The number of benzene rings is 1. The average molecular weight is 492 g/mol. The van der Waals surface area contributed by atoms with Crippen LogP contribution in [0.1, 0.15) is 44.0 Å². The van der Waals surface area contributed by atoms with E-state index in [1.807, 2.05) is 0 Å². The van der Waals surface area contributed by atoms with Crippen LogP contribution in [0.15, 0.2) is 28.7 Å². The molecule has 0 radical (unpaired) electrons. The first-order valence-corrected chi connectivity index (χ1v) is 10.1. The Morgan fingerprint density at radius 2 is 1.87 bits per heavy atom. The van der Waals surface area contributed by atoms with Crippen molar-refractivity contribution in [3.63, 3.8) is 0 Å². The minimum absolute atomic E-state index is 0.179. The molecule has 0 aliphatic carbocycles. The SMILES string of the molecule is CC(C)(C)OC(=O)N1CC(COC(F)F)CC1(CC(=O)c1ccc(Br)cc1)C(=O)O. The predicted octanol–water partition coefficient (Wildman–Crippen LogP) is 4.34. The van der Waals surface area contributed by atoms with Gasteiger partial charge in [-0.05, 0) is 39.3 Å². The number of likely N-dealkylation sites (tertiary alicyclic amines) is 1. The number of hydrogen-bond donors (Lipinski definition) is 1. The molecule has 1 saturated heterocycles. The smallest absolute Gasteiger partial charge is 0.411 e. The number of hydrogen-bond acceptors (Lipinski definition) is 5. The number of ether oxygens (including phenoxy) is 2. The topological polar surface area (TPSA) is 93.1 Å². The Hall–Kier alpha value is -2.07. The molecule has 1 aliphatic rings. The molecule has 2 unspecified atom stereocenters. The summed E-state index contributed by atoms with van der Waals surface area (Å²) in [6.07, 6.45) is -1.65. The maximum atomic E-state index is 12.8.